The molecule has 5 nitrogen and oxygen atoms in total. The number of hydrogen-bond acceptors (Lipinski definition) is 5. The Kier molecular flexibility index (Phi) is 7.73. The predicted octanol–water partition coefficient (Wildman–Crippen LogP) is 4.79. The number of nitrogens with zero attached hydrogens (tertiary/aromatic N) is 1. The summed E-state index contributed by atoms with van der Waals surface area (Å²) in [6.45, 7) is 2.15. The van der Waals surface area contributed by atoms with Gasteiger partial charge in [0.25, 0.3) is 0 Å². The molecule has 0 saturated heterocycles. The van der Waals surface area contributed by atoms with Crippen molar-refractivity contribution in [2.24, 2.45) is 23.2 Å². The van der Waals surface area contributed by atoms with E-state index >= 15 is 0 Å². The molecule has 2 saturated carbocycles. The van der Waals surface area contributed by atoms with Crippen molar-refractivity contribution in [3.63, 3.8) is 0 Å². The summed E-state index contributed by atoms with van der Waals surface area (Å²) in [5, 5.41) is 39.8. The van der Waals surface area contributed by atoms with Gasteiger partial charge in [0.15, 0.2) is 0 Å². The second kappa shape index (κ2) is 10.1. The van der Waals surface area contributed by atoms with Gasteiger partial charge in [-0.1, -0.05) is 25.5 Å². The van der Waals surface area contributed by atoms with Gasteiger partial charge < -0.3 is 15.3 Å². The van der Waals surface area contributed by atoms with E-state index in [9.17, 15) is 20.3 Å². The lowest BCUT2D eigenvalue weighted by atomic mass is 9.63. The highest BCUT2D eigenvalue weighted by Gasteiger charge is 2.42. The van der Waals surface area contributed by atoms with Crippen molar-refractivity contribution in [3.8, 4) is 6.07 Å². The van der Waals surface area contributed by atoms with Gasteiger partial charge >= 0.3 is 5.97 Å². The summed E-state index contributed by atoms with van der Waals surface area (Å²) < 4.78 is 0. The molecule has 6 heteroatoms. The number of rotatable bonds is 10. The van der Waals surface area contributed by atoms with Gasteiger partial charge in [0.05, 0.1) is 24.2 Å². The van der Waals surface area contributed by atoms with Crippen molar-refractivity contribution < 1.29 is 20.1 Å². The Labute approximate surface area is 183 Å². The molecule has 3 rings (SSSR count). The lowest BCUT2D eigenvalue weighted by Gasteiger charge is -2.45. The van der Waals surface area contributed by atoms with E-state index in [0.717, 1.165) is 43.4 Å². The molecule has 1 heterocycles. The number of carbonyl (C=O) groups is 1. The lowest BCUT2D eigenvalue weighted by molar-refractivity contribution is -0.0355. The van der Waals surface area contributed by atoms with Gasteiger partial charge in [0.2, 0.25) is 0 Å². The van der Waals surface area contributed by atoms with Crippen LogP contribution in [0, 0.1) is 34.5 Å². The number of aliphatic hydroxyl groups is 2. The molecule has 164 valence electrons. The Hall–Kier alpha value is -1.68. The van der Waals surface area contributed by atoms with Crippen molar-refractivity contribution >= 4 is 17.3 Å². The van der Waals surface area contributed by atoms with Crippen LogP contribution in [0.5, 0.6) is 0 Å². The predicted molar refractivity (Wildman–Crippen MR) is 117 cm³/mol. The average Bonchev–Trinajstić information content (AvgIpc) is 3.27. The zero-order valence-electron chi connectivity index (χ0n) is 17.7. The first kappa shape index (κ1) is 23.0. The van der Waals surface area contributed by atoms with Crippen LogP contribution in [0.15, 0.2) is 24.3 Å². The van der Waals surface area contributed by atoms with Crippen LogP contribution < -0.4 is 0 Å². The molecule has 2 unspecified atom stereocenters. The normalized spacial score (nSPS) is 28.9. The number of aryl methyl sites for hydroxylation is 1. The fraction of sp³-hybridized carbons (Fsp3) is 0.667. The van der Waals surface area contributed by atoms with E-state index in [1.54, 1.807) is 6.07 Å². The largest absolute Gasteiger partial charge is 0.477 e. The summed E-state index contributed by atoms with van der Waals surface area (Å²) in [6.07, 6.45) is 11.2. The number of nitriles is 1. The number of aliphatic hydroxyl groups excluding tert-OH is 2. The molecule has 2 aliphatic carbocycles. The summed E-state index contributed by atoms with van der Waals surface area (Å²) in [4.78, 5) is 12.4. The number of carboxylic acid groups (broad SMARTS) is 1. The van der Waals surface area contributed by atoms with Gasteiger partial charge in [0.1, 0.15) is 4.88 Å². The Morgan fingerprint density at radius 2 is 2.20 bits per heavy atom. The van der Waals surface area contributed by atoms with Crippen molar-refractivity contribution in [3.05, 3.63) is 34.0 Å². The van der Waals surface area contributed by atoms with Gasteiger partial charge in [-0.2, -0.15) is 5.26 Å². The van der Waals surface area contributed by atoms with E-state index in [0.29, 0.717) is 17.7 Å². The van der Waals surface area contributed by atoms with Crippen molar-refractivity contribution in [2.45, 2.75) is 76.9 Å². The molecule has 30 heavy (non-hydrogen) atoms. The van der Waals surface area contributed by atoms with Gasteiger partial charge in [-0.15, -0.1) is 11.3 Å². The van der Waals surface area contributed by atoms with E-state index in [4.69, 9.17) is 5.11 Å². The third-order valence-corrected chi connectivity index (χ3v) is 8.56. The standard InChI is InChI=1S/C24H33NO4S/c1-2-24(12-5-13-24)22(27)9-4-8-19-18(16(15-25)14-20(19)26)7-3-6-17-10-11-21(30-17)23(28)29/h4,8,10-11,16,18-20,22,26-27H,2-3,5-7,9,12-14H2,1H3,(H,28,29)/t16-,18-,19?,20+,22?/m0/s1. The molecule has 3 N–H and O–H groups in total. The van der Waals surface area contributed by atoms with Crippen LogP contribution in [-0.2, 0) is 6.42 Å². The summed E-state index contributed by atoms with van der Waals surface area (Å²) in [7, 11) is 0. The van der Waals surface area contributed by atoms with Crippen LogP contribution in [0.4, 0.5) is 0 Å². The maximum absolute atomic E-state index is 11.0. The molecule has 2 aliphatic rings. The van der Waals surface area contributed by atoms with E-state index in [-0.39, 0.29) is 29.3 Å². The molecule has 0 bridgehead atoms. The molecule has 0 aliphatic heterocycles. The van der Waals surface area contributed by atoms with E-state index in [1.807, 2.05) is 18.2 Å². The first-order valence-corrected chi connectivity index (χ1v) is 12.0. The average molecular weight is 432 g/mol. The Bertz CT molecular complexity index is 786. The molecule has 0 radical (unpaired) electrons. The third-order valence-electron chi connectivity index (χ3n) is 7.43. The van der Waals surface area contributed by atoms with Crippen LogP contribution in [0.2, 0.25) is 0 Å². The van der Waals surface area contributed by atoms with E-state index < -0.39 is 12.1 Å². The molecular formula is C24H33NO4S. The number of aromatic carboxylic acids is 1. The molecule has 0 amide bonds. The van der Waals surface area contributed by atoms with Crippen LogP contribution in [0.3, 0.4) is 0 Å². The van der Waals surface area contributed by atoms with Gasteiger partial charge in [-0.05, 0) is 74.8 Å². The summed E-state index contributed by atoms with van der Waals surface area (Å²) in [5.41, 5.74) is 0.0722. The minimum absolute atomic E-state index is 0.0567. The van der Waals surface area contributed by atoms with Gasteiger partial charge in [-0.3, -0.25) is 0 Å². The van der Waals surface area contributed by atoms with Gasteiger partial charge in [0, 0.05) is 10.8 Å². The van der Waals surface area contributed by atoms with Crippen LogP contribution in [0.1, 0.15) is 72.8 Å². The fourth-order valence-electron chi connectivity index (χ4n) is 5.27. The first-order chi connectivity index (χ1) is 14.4. The molecule has 5 atom stereocenters. The molecule has 0 aromatic carbocycles. The molecule has 2 fully saturated rings. The zero-order chi connectivity index (χ0) is 21.7. The molecule has 0 spiro atoms. The highest BCUT2D eigenvalue weighted by atomic mass is 32.1. The lowest BCUT2D eigenvalue weighted by Crippen LogP contribution is -2.40. The SMILES string of the molecule is CCC1(C(O)CC=CC2[C@H](O)C[C@@H](C#N)[C@@H]2CCCc2ccc(C(=O)O)s2)CCC1. The van der Waals surface area contributed by atoms with Crippen molar-refractivity contribution in [2.75, 3.05) is 0 Å². The van der Waals surface area contributed by atoms with Crippen LogP contribution in [0.25, 0.3) is 0 Å². The van der Waals surface area contributed by atoms with Crippen molar-refractivity contribution in [1.82, 2.24) is 0 Å². The second-order valence-electron chi connectivity index (χ2n) is 8.99. The quantitative estimate of drug-likeness (QED) is 0.462. The summed E-state index contributed by atoms with van der Waals surface area (Å²) >= 11 is 1.30. The zero-order valence-corrected chi connectivity index (χ0v) is 18.5. The highest BCUT2D eigenvalue weighted by molar-refractivity contribution is 7.13. The fourth-order valence-corrected chi connectivity index (χ4v) is 6.15. The Morgan fingerprint density at radius 3 is 2.77 bits per heavy atom. The summed E-state index contributed by atoms with van der Waals surface area (Å²) in [5.74, 6) is -1.01. The minimum Gasteiger partial charge on any atom is -0.477 e. The Balaban J connectivity index is 1.56. The topological polar surface area (TPSA) is 102 Å². The monoisotopic (exact) mass is 431 g/mol. The molecule has 1 aromatic rings. The minimum atomic E-state index is -0.895. The first-order valence-electron chi connectivity index (χ1n) is 11.1. The summed E-state index contributed by atoms with van der Waals surface area (Å²) in [6, 6.07) is 5.88. The smallest absolute Gasteiger partial charge is 0.345 e. The molecular weight excluding hydrogens is 398 g/mol. The second-order valence-corrected chi connectivity index (χ2v) is 10.2. The maximum atomic E-state index is 11.0. The number of hydrogen-bond donors (Lipinski definition) is 3. The highest BCUT2D eigenvalue weighted by Crippen LogP contribution is 2.48. The van der Waals surface area contributed by atoms with E-state index in [1.165, 1.54) is 17.8 Å². The number of thiophene rings is 1. The van der Waals surface area contributed by atoms with Gasteiger partial charge in [-0.25, -0.2) is 4.79 Å². The van der Waals surface area contributed by atoms with Crippen LogP contribution in [-0.4, -0.2) is 33.5 Å². The van der Waals surface area contributed by atoms with Crippen molar-refractivity contribution in [1.29, 1.82) is 5.26 Å². The number of carboxylic acids is 1. The maximum Gasteiger partial charge on any atom is 0.345 e. The molecule has 1 aromatic heterocycles. The Morgan fingerprint density at radius 1 is 1.43 bits per heavy atom. The van der Waals surface area contributed by atoms with E-state index in [2.05, 4.69) is 13.0 Å². The van der Waals surface area contributed by atoms with Crippen LogP contribution >= 0.6 is 11.3 Å². The third kappa shape index (κ3) is 4.96.